The fourth-order valence-corrected chi connectivity index (χ4v) is 11.2. The lowest BCUT2D eigenvalue weighted by molar-refractivity contribution is -0.147. The summed E-state index contributed by atoms with van der Waals surface area (Å²) in [4.78, 5) is 45.8. The maximum absolute atomic E-state index is 11.8. The summed E-state index contributed by atoms with van der Waals surface area (Å²) in [6.07, 6.45) is 7.96. The number of carbonyl (C=O) groups is 3. The van der Waals surface area contributed by atoms with E-state index in [1.807, 2.05) is 100 Å². The number of nitrogen functional groups attached to an aromatic ring is 1. The zero-order valence-electron chi connectivity index (χ0n) is 37.3. The van der Waals surface area contributed by atoms with Crippen molar-refractivity contribution < 1.29 is 23.9 Å². The molecule has 16 heteroatoms. The molecule has 3 rings (SSSR count). The molecule has 64 heavy (non-hydrogen) atoms. The molecule has 2 aromatic rings. The molecule has 0 bridgehead atoms. The monoisotopic (exact) mass is 1030 g/mol. The first-order valence-corrected chi connectivity index (χ1v) is 27.8. The number of thioether (sulfide) groups is 1. The smallest absolute Gasteiger partial charge is 0.308 e. The summed E-state index contributed by atoms with van der Waals surface area (Å²) in [6, 6.07) is 9.37. The summed E-state index contributed by atoms with van der Waals surface area (Å²) in [5.74, 6) is 2.79. The van der Waals surface area contributed by atoms with Gasteiger partial charge in [-0.25, -0.2) is 9.97 Å². The fraction of sp³-hybridized carbons (Fsp3) is 0.646. The summed E-state index contributed by atoms with van der Waals surface area (Å²) in [5, 5.41) is 2.40. The molecular formula is C48H90N4O5S7. The number of anilines is 1. The number of aryl methyl sites for hydroxylation is 1. The number of hydrogen-bond donors (Lipinski definition) is 1. The summed E-state index contributed by atoms with van der Waals surface area (Å²) >= 11 is 1.37. The number of benzene rings is 1. The van der Waals surface area contributed by atoms with Gasteiger partial charge in [0, 0.05) is 73.5 Å². The molecule has 0 spiro atoms. The molecule has 1 unspecified atom stereocenters. The van der Waals surface area contributed by atoms with E-state index in [1.165, 1.54) is 30.4 Å². The third kappa shape index (κ3) is 38.7. The molecule has 0 saturated carbocycles. The molecule has 1 aliphatic heterocycles. The molecule has 1 aromatic carbocycles. The van der Waals surface area contributed by atoms with Gasteiger partial charge >= 0.3 is 5.97 Å². The van der Waals surface area contributed by atoms with Gasteiger partial charge in [0.15, 0.2) is 0 Å². The molecule has 0 aliphatic carbocycles. The lowest BCUT2D eigenvalue weighted by Crippen LogP contribution is -2.22. The molecule has 2 heterocycles. The van der Waals surface area contributed by atoms with Crippen molar-refractivity contribution >= 4 is 99.8 Å². The Bertz CT molecular complexity index is 1490. The highest BCUT2D eigenvalue weighted by Crippen LogP contribution is 2.38. The van der Waals surface area contributed by atoms with Gasteiger partial charge in [0.25, 0.3) is 0 Å². The highest BCUT2D eigenvalue weighted by molar-refractivity contribution is 8.78. The average Bonchev–Trinajstić information content (AvgIpc) is 3.70. The van der Waals surface area contributed by atoms with Gasteiger partial charge in [0.2, 0.25) is 11.5 Å². The van der Waals surface area contributed by atoms with Crippen LogP contribution in [0.2, 0.25) is 0 Å². The van der Waals surface area contributed by atoms with Gasteiger partial charge in [-0.3, -0.25) is 14.4 Å². The third-order valence-corrected chi connectivity index (χ3v) is 17.1. The standard InChI is InChI=1S/C19H30N4O3S2.C10H12OS.C8H16OS2.C6H12S2.5CH4/c1-12(2)19(25)26-8-7-17(28-27-13(3)4)14(5)23(11-24)10-16-9-21-15(6)22-18(16)20;1-8(2)12-10(11)9-6-4-3-5-7-9;1-7(2)11-10-6-8-4-3-5-9-8;1-4-5-7-8-6(2)3;;;;;/h9,11-13H,7-8,10H2,1-6H3,(H2,20,21,22);3-8H,1-2H3;7-8H,3-6H2,1-2H3;4,6H,1,5H2,2-3H3;5*1H4/b17-14+;;;;;;;;. The minimum atomic E-state index is -0.227. The lowest BCUT2D eigenvalue weighted by atomic mass is 10.2. The molecule has 1 aromatic heterocycles. The summed E-state index contributed by atoms with van der Waals surface area (Å²) in [6.45, 7) is 29.5. The number of hydrogen-bond acceptors (Lipinski definition) is 15. The van der Waals surface area contributed by atoms with Crippen molar-refractivity contribution in [3.8, 4) is 0 Å². The van der Waals surface area contributed by atoms with E-state index in [0.29, 0.717) is 40.2 Å². The lowest BCUT2D eigenvalue weighted by Gasteiger charge is -2.22. The Kier molecular flexibility index (Phi) is 52.6. The van der Waals surface area contributed by atoms with E-state index in [-0.39, 0.29) is 67.3 Å². The van der Waals surface area contributed by atoms with Gasteiger partial charge in [-0.1, -0.05) is 219 Å². The normalized spacial score (nSPS) is 12.7. The van der Waals surface area contributed by atoms with E-state index in [4.69, 9.17) is 15.2 Å². The Labute approximate surface area is 421 Å². The number of nitrogens with zero attached hydrogens (tertiary/aromatic N) is 3. The van der Waals surface area contributed by atoms with Crippen LogP contribution in [0.1, 0.15) is 154 Å². The van der Waals surface area contributed by atoms with Gasteiger partial charge in [-0.05, 0) is 26.7 Å². The van der Waals surface area contributed by atoms with Gasteiger partial charge in [-0.15, -0.1) is 6.58 Å². The second-order valence-corrected chi connectivity index (χ2v) is 24.9. The molecular weight excluding hydrogens is 937 g/mol. The highest BCUT2D eigenvalue weighted by Gasteiger charge is 2.17. The van der Waals surface area contributed by atoms with Gasteiger partial charge in [0.1, 0.15) is 11.6 Å². The Balaban J connectivity index is -0.000000194. The Morgan fingerprint density at radius 2 is 1.48 bits per heavy atom. The van der Waals surface area contributed by atoms with Crippen LogP contribution in [-0.2, 0) is 25.6 Å². The van der Waals surface area contributed by atoms with E-state index < -0.39 is 0 Å². The zero-order chi connectivity index (χ0) is 44.8. The SMILES string of the molecule is C.C.C.C.C.C/C(=C(/CCOC(=O)C(C)C)SSC(C)C)N(C=O)Cc1cnc(C)nc1N.C=CCSSC(C)C.CC(C)SC(=O)c1ccccc1.CC(C)SSCC1CCCO1. The van der Waals surface area contributed by atoms with E-state index in [0.717, 1.165) is 45.4 Å². The predicted octanol–water partition coefficient (Wildman–Crippen LogP) is 16.0. The maximum Gasteiger partial charge on any atom is 0.308 e. The number of nitrogens with two attached hydrogens (primary N) is 1. The van der Waals surface area contributed by atoms with Crippen LogP contribution in [0.3, 0.4) is 0 Å². The fourth-order valence-electron chi connectivity index (χ4n) is 4.17. The number of aromatic nitrogens is 2. The van der Waals surface area contributed by atoms with E-state index in [9.17, 15) is 14.4 Å². The maximum atomic E-state index is 11.8. The topological polar surface area (TPSA) is 125 Å². The Morgan fingerprint density at radius 1 is 0.906 bits per heavy atom. The number of allylic oxidation sites excluding steroid dienone is 1. The van der Waals surface area contributed by atoms with Crippen molar-refractivity contribution in [3.63, 3.8) is 0 Å². The third-order valence-electron chi connectivity index (χ3n) is 7.04. The number of carbonyl (C=O) groups excluding carboxylic acids is 3. The van der Waals surface area contributed by atoms with Crippen LogP contribution in [0.5, 0.6) is 0 Å². The van der Waals surface area contributed by atoms with Crippen LogP contribution >= 0.6 is 76.5 Å². The molecule has 1 amide bonds. The van der Waals surface area contributed by atoms with Gasteiger partial charge < -0.3 is 20.1 Å². The number of ether oxygens (including phenoxy) is 2. The minimum absolute atomic E-state index is 0. The number of esters is 1. The van der Waals surface area contributed by atoms with Crippen LogP contribution in [-0.4, -0.2) is 84.2 Å². The van der Waals surface area contributed by atoms with Crippen LogP contribution in [0.25, 0.3) is 0 Å². The first-order chi connectivity index (χ1) is 27.9. The molecule has 374 valence electrons. The van der Waals surface area contributed by atoms with Gasteiger partial charge in [0.05, 0.1) is 25.2 Å². The Morgan fingerprint density at radius 3 is 1.95 bits per heavy atom. The number of rotatable bonds is 21. The molecule has 1 atom stereocenters. The van der Waals surface area contributed by atoms with E-state index in [2.05, 4.69) is 58.1 Å². The van der Waals surface area contributed by atoms with E-state index >= 15 is 0 Å². The molecule has 0 radical (unpaired) electrons. The van der Waals surface area contributed by atoms with Crippen molar-refractivity contribution in [2.24, 2.45) is 5.92 Å². The van der Waals surface area contributed by atoms with E-state index in [1.54, 1.807) is 53.5 Å². The van der Waals surface area contributed by atoms with Crippen LogP contribution < -0.4 is 5.73 Å². The number of amides is 1. The first-order valence-electron chi connectivity index (χ1n) is 20.0. The van der Waals surface area contributed by atoms with Crippen LogP contribution in [0.4, 0.5) is 5.82 Å². The second-order valence-electron chi connectivity index (χ2n) is 14.5. The molecule has 1 aliphatic rings. The van der Waals surface area contributed by atoms with Crippen LogP contribution in [0, 0.1) is 12.8 Å². The molecule has 1 saturated heterocycles. The van der Waals surface area contributed by atoms with Crippen molar-refractivity contribution in [2.45, 2.75) is 173 Å². The van der Waals surface area contributed by atoms with Crippen molar-refractivity contribution in [1.82, 2.24) is 14.9 Å². The first kappa shape index (κ1) is 74.1. The van der Waals surface area contributed by atoms with Crippen LogP contribution in [0.15, 0.2) is 59.8 Å². The predicted molar refractivity (Wildman–Crippen MR) is 303 cm³/mol. The molecule has 9 nitrogen and oxygen atoms in total. The summed E-state index contributed by atoms with van der Waals surface area (Å²) in [5.41, 5.74) is 8.24. The van der Waals surface area contributed by atoms with Crippen molar-refractivity contribution in [1.29, 1.82) is 0 Å². The van der Waals surface area contributed by atoms with Gasteiger partial charge in [-0.2, -0.15) is 0 Å². The zero-order valence-corrected chi connectivity index (χ0v) is 43.0. The summed E-state index contributed by atoms with van der Waals surface area (Å²) in [7, 11) is 11.0. The Hall–Kier alpha value is -1.40. The van der Waals surface area contributed by atoms with Crippen molar-refractivity contribution in [2.75, 3.05) is 30.5 Å². The molecule has 2 N–H and O–H groups in total. The average molecular weight is 1030 g/mol. The quantitative estimate of drug-likeness (QED) is 0.0419. The van der Waals surface area contributed by atoms with Crippen molar-refractivity contribution in [3.05, 3.63) is 76.7 Å². The largest absolute Gasteiger partial charge is 0.465 e. The minimum Gasteiger partial charge on any atom is -0.465 e. The summed E-state index contributed by atoms with van der Waals surface area (Å²) < 4.78 is 10.8. The molecule has 1 fully saturated rings. The highest BCUT2D eigenvalue weighted by atomic mass is 33.1. The second kappa shape index (κ2) is 45.4.